The Morgan fingerprint density at radius 3 is 2.24 bits per heavy atom. The molecule has 0 aliphatic carbocycles. The molecule has 1 aliphatic rings. The van der Waals surface area contributed by atoms with Crippen molar-refractivity contribution in [2.75, 3.05) is 26.2 Å². The summed E-state index contributed by atoms with van der Waals surface area (Å²) in [6.07, 6.45) is -0.0869. The normalized spacial score (nSPS) is 22.5. The molecule has 1 fully saturated rings. The third-order valence-corrected chi connectivity index (χ3v) is 4.37. The van der Waals surface area contributed by atoms with E-state index in [0.29, 0.717) is 13.2 Å². The van der Waals surface area contributed by atoms with Gasteiger partial charge in [-0.2, -0.15) is 0 Å². The van der Waals surface area contributed by atoms with Gasteiger partial charge in [0.2, 0.25) is 0 Å². The Balaban J connectivity index is 1.48. The van der Waals surface area contributed by atoms with Crippen molar-refractivity contribution in [2.24, 2.45) is 0 Å². The van der Waals surface area contributed by atoms with E-state index in [4.69, 9.17) is 9.47 Å². The van der Waals surface area contributed by atoms with E-state index in [9.17, 15) is 5.11 Å². The lowest BCUT2D eigenvalue weighted by Crippen LogP contribution is -2.48. The molecular weight excluding hydrogens is 314 g/mol. The van der Waals surface area contributed by atoms with Crippen molar-refractivity contribution in [3.8, 4) is 16.9 Å². The highest BCUT2D eigenvalue weighted by molar-refractivity contribution is 5.63. The largest absolute Gasteiger partial charge is 0.491 e. The quantitative estimate of drug-likeness (QED) is 0.876. The SMILES string of the molecule is C[C@@H]1CN(C[C@H](O)COc2ccc(-c3ccccc3)cc2)C[C@@H](C)O1. The average Bonchev–Trinajstić information content (AvgIpc) is 2.60. The molecule has 0 aromatic heterocycles. The van der Waals surface area contributed by atoms with Crippen molar-refractivity contribution in [3.05, 3.63) is 54.6 Å². The summed E-state index contributed by atoms with van der Waals surface area (Å²) < 4.78 is 11.5. The van der Waals surface area contributed by atoms with E-state index in [1.807, 2.05) is 42.5 Å². The molecule has 1 N–H and O–H groups in total. The van der Waals surface area contributed by atoms with E-state index in [-0.39, 0.29) is 12.2 Å². The lowest BCUT2D eigenvalue weighted by Gasteiger charge is -2.36. The van der Waals surface area contributed by atoms with Crippen LogP contribution in [0.3, 0.4) is 0 Å². The van der Waals surface area contributed by atoms with Crippen molar-refractivity contribution >= 4 is 0 Å². The number of benzene rings is 2. The highest BCUT2D eigenvalue weighted by atomic mass is 16.5. The molecule has 0 saturated carbocycles. The van der Waals surface area contributed by atoms with Gasteiger partial charge in [0.1, 0.15) is 18.5 Å². The monoisotopic (exact) mass is 341 g/mol. The fourth-order valence-electron chi connectivity index (χ4n) is 3.35. The summed E-state index contributed by atoms with van der Waals surface area (Å²) in [4.78, 5) is 2.24. The van der Waals surface area contributed by atoms with Gasteiger partial charge < -0.3 is 14.6 Å². The summed E-state index contributed by atoms with van der Waals surface area (Å²) in [5.41, 5.74) is 2.34. The van der Waals surface area contributed by atoms with E-state index < -0.39 is 6.10 Å². The maximum atomic E-state index is 10.3. The first-order chi connectivity index (χ1) is 12.1. The van der Waals surface area contributed by atoms with Gasteiger partial charge >= 0.3 is 0 Å². The highest BCUT2D eigenvalue weighted by Crippen LogP contribution is 2.22. The molecule has 25 heavy (non-hydrogen) atoms. The summed E-state index contributed by atoms with van der Waals surface area (Å²) in [5.74, 6) is 0.780. The zero-order valence-electron chi connectivity index (χ0n) is 15.0. The molecule has 4 nitrogen and oxygen atoms in total. The van der Waals surface area contributed by atoms with Crippen LogP contribution < -0.4 is 4.74 Å². The van der Waals surface area contributed by atoms with Gasteiger partial charge in [-0.25, -0.2) is 0 Å². The standard InChI is InChI=1S/C21H27NO3/c1-16-12-22(13-17(2)25-16)14-20(23)15-24-21-10-8-19(9-11-21)18-6-4-3-5-7-18/h3-11,16-17,20,23H,12-15H2,1-2H3/t16-,17-,20+/m1/s1. The Kier molecular flexibility index (Phi) is 6.08. The average molecular weight is 341 g/mol. The van der Waals surface area contributed by atoms with Crippen molar-refractivity contribution < 1.29 is 14.6 Å². The smallest absolute Gasteiger partial charge is 0.119 e. The topological polar surface area (TPSA) is 41.9 Å². The molecule has 2 aromatic carbocycles. The minimum atomic E-state index is -0.508. The number of ether oxygens (including phenoxy) is 2. The predicted molar refractivity (Wildman–Crippen MR) is 99.8 cm³/mol. The molecule has 3 atom stereocenters. The Bertz CT molecular complexity index is 634. The number of β-amino-alcohol motifs (C(OH)–C–C–N with tert-alkyl or cyclic N) is 1. The van der Waals surface area contributed by atoms with Gasteiger partial charge in [-0.15, -0.1) is 0 Å². The molecule has 1 heterocycles. The maximum Gasteiger partial charge on any atom is 0.119 e. The molecule has 0 amide bonds. The fourth-order valence-corrected chi connectivity index (χ4v) is 3.35. The van der Waals surface area contributed by atoms with Crippen LogP contribution in [0.5, 0.6) is 5.75 Å². The van der Waals surface area contributed by atoms with Crippen molar-refractivity contribution in [1.82, 2.24) is 4.90 Å². The zero-order valence-corrected chi connectivity index (χ0v) is 15.0. The first kappa shape index (κ1) is 17.9. The molecule has 2 aromatic rings. The van der Waals surface area contributed by atoms with E-state index in [0.717, 1.165) is 24.4 Å². The Labute approximate surface area is 150 Å². The van der Waals surface area contributed by atoms with Crippen LogP contribution in [0.1, 0.15) is 13.8 Å². The second kappa shape index (κ2) is 8.48. The van der Waals surface area contributed by atoms with Crippen molar-refractivity contribution in [2.45, 2.75) is 32.2 Å². The zero-order chi connectivity index (χ0) is 17.6. The van der Waals surface area contributed by atoms with Gasteiger partial charge in [0.15, 0.2) is 0 Å². The van der Waals surface area contributed by atoms with Crippen LogP contribution >= 0.6 is 0 Å². The number of aliphatic hydroxyl groups is 1. The molecule has 0 bridgehead atoms. The number of rotatable bonds is 6. The number of morpholine rings is 1. The van der Waals surface area contributed by atoms with Gasteiger partial charge in [-0.3, -0.25) is 4.90 Å². The summed E-state index contributed by atoms with van der Waals surface area (Å²) in [6.45, 7) is 6.75. The lowest BCUT2D eigenvalue weighted by atomic mass is 10.1. The third-order valence-electron chi connectivity index (χ3n) is 4.37. The molecule has 4 heteroatoms. The molecular formula is C21H27NO3. The highest BCUT2D eigenvalue weighted by Gasteiger charge is 2.23. The van der Waals surface area contributed by atoms with Crippen LogP contribution in [0.2, 0.25) is 0 Å². The Morgan fingerprint density at radius 2 is 1.60 bits per heavy atom. The molecule has 1 saturated heterocycles. The number of nitrogens with zero attached hydrogens (tertiary/aromatic N) is 1. The molecule has 0 unspecified atom stereocenters. The maximum absolute atomic E-state index is 10.3. The molecule has 0 radical (unpaired) electrons. The first-order valence-corrected chi connectivity index (χ1v) is 8.94. The molecule has 1 aliphatic heterocycles. The molecule has 0 spiro atoms. The van der Waals surface area contributed by atoms with E-state index in [2.05, 4.69) is 30.9 Å². The summed E-state index contributed by atoms with van der Waals surface area (Å²) in [6, 6.07) is 18.2. The van der Waals surface area contributed by atoms with Gasteiger partial charge in [-0.05, 0) is 37.1 Å². The number of hydrogen-bond donors (Lipinski definition) is 1. The van der Waals surface area contributed by atoms with E-state index in [1.165, 1.54) is 5.56 Å². The van der Waals surface area contributed by atoms with Crippen LogP contribution in [0.4, 0.5) is 0 Å². The van der Waals surface area contributed by atoms with Crippen molar-refractivity contribution in [3.63, 3.8) is 0 Å². The predicted octanol–water partition coefficient (Wildman–Crippen LogP) is 3.20. The Morgan fingerprint density at radius 1 is 1.00 bits per heavy atom. The lowest BCUT2D eigenvalue weighted by molar-refractivity contribution is -0.0786. The second-order valence-electron chi connectivity index (χ2n) is 6.83. The van der Waals surface area contributed by atoms with Gasteiger partial charge in [-0.1, -0.05) is 42.5 Å². The van der Waals surface area contributed by atoms with Crippen molar-refractivity contribution in [1.29, 1.82) is 0 Å². The van der Waals surface area contributed by atoms with Gasteiger partial charge in [0, 0.05) is 19.6 Å². The third kappa shape index (κ3) is 5.30. The minimum Gasteiger partial charge on any atom is -0.491 e. The minimum absolute atomic E-state index is 0.211. The van der Waals surface area contributed by atoms with E-state index >= 15 is 0 Å². The number of aliphatic hydroxyl groups excluding tert-OH is 1. The summed E-state index contributed by atoms with van der Waals surface area (Å²) >= 11 is 0. The van der Waals surface area contributed by atoms with Crippen LogP contribution in [0.15, 0.2) is 54.6 Å². The molecule has 134 valence electrons. The van der Waals surface area contributed by atoms with Crippen LogP contribution in [-0.2, 0) is 4.74 Å². The van der Waals surface area contributed by atoms with Crippen LogP contribution in [0, 0.1) is 0 Å². The van der Waals surface area contributed by atoms with Crippen LogP contribution in [0.25, 0.3) is 11.1 Å². The summed E-state index contributed by atoms with van der Waals surface area (Å²) in [7, 11) is 0. The number of hydrogen-bond acceptors (Lipinski definition) is 4. The van der Waals surface area contributed by atoms with Gasteiger partial charge in [0.25, 0.3) is 0 Å². The fraction of sp³-hybridized carbons (Fsp3) is 0.429. The summed E-state index contributed by atoms with van der Waals surface area (Å²) in [5, 5.41) is 10.3. The van der Waals surface area contributed by atoms with E-state index in [1.54, 1.807) is 0 Å². The second-order valence-corrected chi connectivity index (χ2v) is 6.83. The Hall–Kier alpha value is -1.88. The molecule has 3 rings (SSSR count). The first-order valence-electron chi connectivity index (χ1n) is 8.94. The van der Waals surface area contributed by atoms with Crippen LogP contribution in [-0.4, -0.2) is 54.6 Å². The van der Waals surface area contributed by atoms with Gasteiger partial charge in [0.05, 0.1) is 12.2 Å².